The molecule has 0 aromatic heterocycles. The minimum atomic E-state index is -4.35. The van der Waals surface area contributed by atoms with Crippen LogP contribution in [0.3, 0.4) is 0 Å². The largest absolute Gasteiger partial charge is 0.478 e. The van der Waals surface area contributed by atoms with Crippen LogP contribution in [0.15, 0.2) is 34.3 Å². The summed E-state index contributed by atoms with van der Waals surface area (Å²) < 4.78 is 50.6. The maximum absolute atomic E-state index is 12.9. The summed E-state index contributed by atoms with van der Waals surface area (Å²) in [5.41, 5.74) is -0.668. The average Bonchev–Trinajstić information content (AvgIpc) is 3.32. The van der Waals surface area contributed by atoms with Crippen LogP contribution in [0, 0.1) is 17.3 Å². The second-order valence-electron chi connectivity index (χ2n) is 8.82. The Morgan fingerprint density at radius 1 is 0.897 bits per heavy atom. The molecule has 7 heteroatoms. The Bertz CT molecular complexity index is 748. The SMILES string of the molecule is CC(C)C1COC(C(C)(Cc2ccc(C(F)(F)F)cc2)C2=NC(C(C)C)CO2)=N1. The zero-order chi connectivity index (χ0) is 21.4. The van der Waals surface area contributed by atoms with Gasteiger partial charge in [-0.25, -0.2) is 9.98 Å². The van der Waals surface area contributed by atoms with Crippen LogP contribution >= 0.6 is 0 Å². The molecule has 4 nitrogen and oxygen atoms in total. The zero-order valence-electron chi connectivity index (χ0n) is 17.6. The van der Waals surface area contributed by atoms with Crippen molar-refractivity contribution in [3.8, 4) is 0 Å². The third-order valence-corrected chi connectivity index (χ3v) is 5.67. The Morgan fingerprint density at radius 2 is 1.34 bits per heavy atom. The van der Waals surface area contributed by atoms with Crippen LogP contribution in [-0.4, -0.2) is 37.1 Å². The van der Waals surface area contributed by atoms with Gasteiger partial charge in [-0.15, -0.1) is 0 Å². The van der Waals surface area contributed by atoms with Crippen LogP contribution < -0.4 is 0 Å². The molecule has 0 bridgehead atoms. The van der Waals surface area contributed by atoms with Crippen molar-refractivity contribution in [2.75, 3.05) is 13.2 Å². The first-order valence-electron chi connectivity index (χ1n) is 10.1. The molecule has 1 aromatic carbocycles. The summed E-state index contributed by atoms with van der Waals surface area (Å²) in [6.45, 7) is 11.3. The number of alkyl halides is 3. The molecule has 0 amide bonds. The molecule has 0 fully saturated rings. The number of benzene rings is 1. The molecule has 2 unspecified atom stereocenters. The van der Waals surface area contributed by atoms with Crippen LogP contribution in [0.25, 0.3) is 0 Å². The first kappa shape index (κ1) is 21.7. The van der Waals surface area contributed by atoms with E-state index in [0.29, 0.717) is 43.3 Å². The van der Waals surface area contributed by atoms with Crippen molar-refractivity contribution in [2.45, 2.75) is 59.3 Å². The summed E-state index contributed by atoms with van der Waals surface area (Å²) in [5, 5.41) is 0. The fraction of sp³-hybridized carbons (Fsp3) is 0.636. The minimum Gasteiger partial charge on any atom is -0.478 e. The molecule has 0 radical (unpaired) electrons. The van der Waals surface area contributed by atoms with Crippen LogP contribution in [0.5, 0.6) is 0 Å². The highest BCUT2D eigenvalue weighted by Gasteiger charge is 2.46. The van der Waals surface area contributed by atoms with Gasteiger partial charge in [0.2, 0.25) is 0 Å². The second kappa shape index (κ2) is 8.00. The lowest BCUT2D eigenvalue weighted by atomic mass is 9.82. The van der Waals surface area contributed by atoms with Gasteiger partial charge in [-0.2, -0.15) is 13.2 Å². The summed E-state index contributed by atoms with van der Waals surface area (Å²) in [5.74, 6) is 1.77. The molecule has 2 aliphatic heterocycles. The zero-order valence-corrected chi connectivity index (χ0v) is 17.6. The Balaban J connectivity index is 1.94. The molecule has 1 aromatic rings. The molecular formula is C22H29F3N2O2. The molecular weight excluding hydrogens is 381 g/mol. The third-order valence-electron chi connectivity index (χ3n) is 5.67. The number of ether oxygens (including phenoxy) is 2. The van der Waals surface area contributed by atoms with Crippen molar-refractivity contribution in [3.05, 3.63) is 35.4 Å². The molecule has 0 saturated heterocycles. The highest BCUT2D eigenvalue weighted by atomic mass is 19.4. The number of rotatable bonds is 6. The maximum atomic E-state index is 12.9. The molecule has 3 rings (SSSR count). The van der Waals surface area contributed by atoms with Gasteiger partial charge in [-0.3, -0.25) is 0 Å². The summed E-state index contributed by atoms with van der Waals surface area (Å²) in [6.07, 6.45) is -3.95. The fourth-order valence-corrected chi connectivity index (χ4v) is 3.53. The number of hydrogen-bond donors (Lipinski definition) is 0. The molecule has 0 spiro atoms. The first-order valence-corrected chi connectivity index (χ1v) is 10.1. The van der Waals surface area contributed by atoms with Crippen LogP contribution in [0.4, 0.5) is 13.2 Å². The highest BCUT2D eigenvalue weighted by Crippen LogP contribution is 2.36. The van der Waals surface area contributed by atoms with E-state index >= 15 is 0 Å². The van der Waals surface area contributed by atoms with Gasteiger partial charge in [-0.1, -0.05) is 39.8 Å². The van der Waals surface area contributed by atoms with E-state index in [4.69, 9.17) is 19.5 Å². The third kappa shape index (κ3) is 4.59. The van der Waals surface area contributed by atoms with Gasteiger partial charge in [-0.05, 0) is 42.9 Å². The molecule has 29 heavy (non-hydrogen) atoms. The Morgan fingerprint density at radius 3 is 1.69 bits per heavy atom. The highest BCUT2D eigenvalue weighted by molar-refractivity contribution is 6.06. The standard InChI is InChI=1S/C22H29F3N2O2/c1-13(2)17-11-28-19(26-17)21(5,20-27-18(12-29-20)14(3)4)10-15-6-8-16(9-7-15)22(23,24)25/h6-9,13-14,17-18H,10-12H2,1-5H3. The van der Waals surface area contributed by atoms with Crippen molar-refractivity contribution >= 4 is 11.8 Å². The topological polar surface area (TPSA) is 43.2 Å². The van der Waals surface area contributed by atoms with E-state index in [-0.39, 0.29) is 12.1 Å². The Kier molecular flexibility index (Phi) is 5.97. The fourth-order valence-electron chi connectivity index (χ4n) is 3.53. The van der Waals surface area contributed by atoms with Crippen molar-refractivity contribution in [2.24, 2.45) is 27.2 Å². The molecule has 2 heterocycles. The number of aliphatic imine (C=N–C) groups is 2. The van der Waals surface area contributed by atoms with E-state index in [0.717, 1.165) is 17.7 Å². The second-order valence-corrected chi connectivity index (χ2v) is 8.82. The van der Waals surface area contributed by atoms with Gasteiger partial charge in [0, 0.05) is 0 Å². The Hall–Kier alpha value is -2.05. The summed E-state index contributed by atoms with van der Waals surface area (Å²) in [4.78, 5) is 9.56. The number of nitrogens with zero attached hydrogens (tertiary/aromatic N) is 2. The van der Waals surface area contributed by atoms with Gasteiger partial charge in [0.05, 0.1) is 17.6 Å². The molecule has 2 aliphatic rings. The molecule has 2 atom stereocenters. The monoisotopic (exact) mass is 410 g/mol. The molecule has 160 valence electrons. The smallest absolute Gasteiger partial charge is 0.416 e. The molecule has 0 saturated carbocycles. The number of halogens is 3. The van der Waals surface area contributed by atoms with E-state index in [2.05, 4.69) is 27.7 Å². The summed E-state index contributed by atoms with van der Waals surface area (Å²) in [7, 11) is 0. The van der Waals surface area contributed by atoms with E-state index in [1.165, 1.54) is 12.1 Å². The lowest BCUT2D eigenvalue weighted by Crippen LogP contribution is -2.39. The normalized spacial score (nSPS) is 24.2. The predicted molar refractivity (Wildman–Crippen MR) is 107 cm³/mol. The van der Waals surface area contributed by atoms with Crippen molar-refractivity contribution in [1.29, 1.82) is 0 Å². The summed E-state index contributed by atoms with van der Waals surface area (Å²) in [6, 6.07) is 5.34. The quantitative estimate of drug-likeness (QED) is 0.650. The maximum Gasteiger partial charge on any atom is 0.416 e. The van der Waals surface area contributed by atoms with Crippen LogP contribution in [0.2, 0.25) is 0 Å². The minimum absolute atomic E-state index is 0.0554. The van der Waals surface area contributed by atoms with E-state index in [1.807, 2.05) is 6.92 Å². The van der Waals surface area contributed by atoms with E-state index in [1.54, 1.807) is 0 Å². The van der Waals surface area contributed by atoms with Gasteiger partial charge >= 0.3 is 6.18 Å². The van der Waals surface area contributed by atoms with Gasteiger partial charge in [0.15, 0.2) is 11.8 Å². The average molecular weight is 410 g/mol. The summed E-state index contributed by atoms with van der Waals surface area (Å²) >= 11 is 0. The first-order chi connectivity index (χ1) is 13.5. The van der Waals surface area contributed by atoms with Crippen molar-refractivity contribution in [1.82, 2.24) is 0 Å². The van der Waals surface area contributed by atoms with Crippen molar-refractivity contribution < 1.29 is 22.6 Å². The predicted octanol–water partition coefficient (Wildman–Crippen LogP) is 5.16. The van der Waals surface area contributed by atoms with Gasteiger partial charge in [0.1, 0.15) is 18.6 Å². The Labute approximate surface area is 170 Å². The van der Waals surface area contributed by atoms with Gasteiger partial charge in [0.25, 0.3) is 0 Å². The van der Waals surface area contributed by atoms with E-state index in [9.17, 15) is 13.2 Å². The number of hydrogen-bond acceptors (Lipinski definition) is 4. The lowest BCUT2D eigenvalue weighted by molar-refractivity contribution is -0.137. The lowest BCUT2D eigenvalue weighted by Gasteiger charge is -2.28. The van der Waals surface area contributed by atoms with Crippen LogP contribution in [-0.2, 0) is 22.1 Å². The van der Waals surface area contributed by atoms with Gasteiger partial charge < -0.3 is 9.47 Å². The van der Waals surface area contributed by atoms with Crippen LogP contribution in [0.1, 0.15) is 45.7 Å². The van der Waals surface area contributed by atoms with E-state index < -0.39 is 17.2 Å². The molecule has 0 N–H and O–H groups in total. The van der Waals surface area contributed by atoms with Crippen molar-refractivity contribution in [3.63, 3.8) is 0 Å². The molecule has 0 aliphatic carbocycles.